The van der Waals surface area contributed by atoms with Crippen molar-refractivity contribution in [3.8, 4) is 0 Å². The van der Waals surface area contributed by atoms with Crippen molar-refractivity contribution < 1.29 is 13.6 Å². The summed E-state index contributed by atoms with van der Waals surface area (Å²) in [6, 6.07) is 14.0. The molecule has 4 heteroatoms. The Bertz CT molecular complexity index is 679. The van der Waals surface area contributed by atoms with E-state index in [-0.39, 0.29) is 5.56 Å². The molecule has 23 heavy (non-hydrogen) atoms. The predicted molar refractivity (Wildman–Crippen MR) is 85.1 cm³/mol. The highest BCUT2D eigenvalue weighted by molar-refractivity contribution is 5.94. The molecule has 1 amide bonds. The van der Waals surface area contributed by atoms with Gasteiger partial charge in [0.1, 0.15) is 0 Å². The Labute approximate surface area is 134 Å². The molecule has 1 saturated heterocycles. The average molecular weight is 315 g/mol. The van der Waals surface area contributed by atoms with Gasteiger partial charge in [-0.2, -0.15) is 0 Å². The highest BCUT2D eigenvalue weighted by Crippen LogP contribution is 2.23. The zero-order valence-electron chi connectivity index (χ0n) is 12.8. The van der Waals surface area contributed by atoms with Gasteiger partial charge in [-0.3, -0.25) is 4.79 Å². The van der Waals surface area contributed by atoms with E-state index < -0.39 is 17.5 Å². The molecule has 0 N–H and O–H groups in total. The molecule has 0 bridgehead atoms. The van der Waals surface area contributed by atoms with Crippen LogP contribution < -0.4 is 0 Å². The lowest BCUT2D eigenvalue weighted by molar-refractivity contribution is 0.0684. The van der Waals surface area contributed by atoms with Crippen molar-refractivity contribution in [2.24, 2.45) is 5.92 Å². The summed E-state index contributed by atoms with van der Waals surface area (Å²) in [5.74, 6) is -1.92. The Morgan fingerprint density at radius 2 is 1.70 bits per heavy atom. The van der Waals surface area contributed by atoms with Crippen LogP contribution in [-0.4, -0.2) is 23.9 Å². The first kappa shape index (κ1) is 15.7. The summed E-state index contributed by atoms with van der Waals surface area (Å²) in [6.45, 7) is 1.18. The van der Waals surface area contributed by atoms with Crippen molar-refractivity contribution in [2.45, 2.75) is 19.3 Å². The van der Waals surface area contributed by atoms with Gasteiger partial charge in [0.2, 0.25) is 0 Å². The van der Waals surface area contributed by atoms with E-state index in [2.05, 4.69) is 12.1 Å². The number of carbonyl (C=O) groups is 1. The molecule has 1 aliphatic heterocycles. The van der Waals surface area contributed by atoms with Gasteiger partial charge >= 0.3 is 0 Å². The van der Waals surface area contributed by atoms with E-state index in [0.29, 0.717) is 19.0 Å². The van der Waals surface area contributed by atoms with E-state index >= 15 is 0 Å². The summed E-state index contributed by atoms with van der Waals surface area (Å²) >= 11 is 0. The monoisotopic (exact) mass is 315 g/mol. The van der Waals surface area contributed by atoms with Gasteiger partial charge in [-0.05, 0) is 42.9 Å². The molecule has 1 heterocycles. The Balaban J connectivity index is 1.60. The van der Waals surface area contributed by atoms with E-state index in [0.717, 1.165) is 25.3 Å². The molecule has 0 aromatic heterocycles. The first-order valence-corrected chi connectivity index (χ1v) is 7.92. The molecule has 0 spiro atoms. The van der Waals surface area contributed by atoms with E-state index in [9.17, 15) is 13.6 Å². The second-order valence-corrected chi connectivity index (χ2v) is 6.03. The van der Waals surface area contributed by atoms with Crippen LogP contribution in [0.3, 0.4) is 0 Å². The maximum Gasteiger partial charge on any atom is 0.256 e. The Morgan fingerprint density at radius 1 is 1.00 bits per heavy atom. The SMILES string of the molecule is O=C(c1cccc(F)c1F)N1CCC(Cc2ccccc2)CC1. The van der Waals surface area contributed by atoms with Crippen LogP contribution in [-0.2, 0) is 6.42 Å². The Morgan fingerprint density at radius 3 is 2.39 bits per heavy atom. The lowest BCUT2D eigenvalue weighted by atomic mass is 9.90. The predicted octanol–water partition coefficient (Wildman–Crippen LogP) is 4.06. The van der Waals surface area contributed by atoms with Crippen molar-refractivity contribution in [3.63, 3.8) is 0 Å². The molecule has 1 fully saturated rings. The lowest BCUT2D eigenvalue weighted by Gasteiger charge is -2.32. The minimum absolute atomic E-state index is 0.175. The summed E-state index contributed by atoms with van der Waals surface area (Å²) in [7, 11) is 0. The Hall–Kier alpha value is -2.23. The third-order valence-electron chi connectivity index (χ3n) is 4.45. The lowest BCUT2D eigenvalue weighted by Crippen LogP contribution is -2.39. The molecule has 0 aliphatic carbocycles. The smallest absolute Gasteiger partial charge is 0.256 e. The van der Waals surface area contributed by atoms with Crippen LogP contribution in [0.5, 0.6) is 0 Å². The third kappa shape index (κ3) is 3.58. The highest BCUT2D eigenvalue weighted by atomic mass is 19.2. The maximum atomic E-state index is 13.7. The first-order valence-electron chi connectivity index (χ1n) is 7.92. The second kappa shape index (κ2) is 6.90. The van der Waals surface area contributed by atoms with Crippen molar-refractivity contribution in [1.29, 1.82) is 0 Å². The van der Waals surface area contributed by atoms with Gasteiger partial charge in [-0.15, -0.1) is 0 Å². The minimum atomic E-state index is -1.05. The zero-order chi connectivity index (χ0) is 16.2. The van der Waals surface area contributed by atoms with Crippen molar-refractivity contribution in [3.05, 3.63) is 71.3 Å². The number of likely N-dealkylation sites (tertiary alicyclic amines) is 1. The average Bonchev–Trinajstić information content (AvgIpc) is 2.58. The van der Waals surface area contributed by atoms with Crippen LogP contribution in [0.25, 0.3) is 0 Å². The first-order chi connectivity index (χ1) is 11.1. The Kier molecular flexibility index (Phi) is 4.70. The molecule has 2 nitrogen and oxygen atoms in total. The van der Waals surface area contributed by atoms with E-state index in [1.165, 1.54) is 17.7 Å². The standard InChI is InChI=1S/C19H19F2NO/c20-17-8-4-7-16(18(17)21)19(23)22-11-9-15(10-12-22)13-14-5-2-1-3-6-14/h1-8,15H,9-13H2. The van der Waals surface area contributed by atoms with Crippen molar-refractivity contribution in [1.82, 2.24) is 4.90 Å². The molecule has 0 saturated carbocycles. The maximum absolute atomic E-state index is 13.7. The van der Waals surface area contributed by atoms with Crippen LogP contribution >= 0.6 is 0 Å². The fraction of sp³-hybridized carbons (Fsp3) is 0.316. The number of hydrogen-bond acceptors (Lipinski definition) is 1. The summed E-state index contributed by atoms with van der Waals surface area (Å²) < 4.78 is 27.0. The summed E-state index contributed by atoms with van der Waals surface area (Å²) in [5.41, 5.74) is 1.12. The number of nitrogens with zero attached hydrogens (tertiary/aromatic N) is 1. The normalized spacial score (nSPS) is 15.7. The third-order valence-corrected chi connectivity index (χ3v) is 4.45. The zero-order valence-corrected chi connectivity index (χ0v) is 12.8. The van der Waals surface area contributed by atoms with E-state index in [4.69, 9.17) is 0 Å². The summed E-state index contributed by atoms with van der Waals surface area (Å²) in [6.07, 6.45) is 2.77. The van der Waals surface area contributed by atoms with Gasteiger partial charge in [0.25, 0.3) is 5.91 Å². The number of rotatable bonds is 3. The largest absolute Gasteiger partial charge is 0.339 e. The topological polar surface area (TPSA) is 20.3 Å². The van der Waals surface area contributed by atoms with Crippen LogP contribution in [0, 0.1) is 17.6 Å². The molecular formula is C19H19F2NO. The van der Waals surface area contributed by atoms with Gasteiger partial charge < -0.3 is 4.90 Å². The van der Waals surface area contributed by atoms with Crippen LogP contribution in [0.1, 0.15) is 28.8 Å². The highest BCUT2D eigenvalue weighted by Gasteiger charge is 2.26. The van der Waals surface area contributed by atoms with Gasteiger partial charge in [-0.1, -0.05) is 36.4 Å². The molecule has 0 atom stereocenters. The molecule has 3 rings (SSSR count). The van der Waals surface area contributed by atoms with Crippen LogP contribution in [0.2, 0.25) is 0 Å². The molecule has 0 unspecified atom stereocenters. The van der Waals surface area contributed by atoms with Gasteiger partial charge in [0, 0.05) is 13.1 Å². The number of halogens is 2. The quantitative estimate of drug-likeness (QED) is 0.836. The second-order valence-electron chi connectivity index (χ2n) is 6.03. The fourth-order valence-corrected chi connectivity index (χ4v) is 3.13. The minimum Gasteiger partial charge on any atom is -0.339 e. The molecular weight excluding hydrogens is 296 g/mol. The van der Waals surface area contributed by atoms with Crippen LogP contribution in [0.4, 0.5) is 8.78 Å². The molecule has 2 aromatic carbocycles. The van der Waals surface area contributed by atoms with Gasteiger partial charge in [0.05, 0.1) is 5.56 Å². The number of benzene rings is 2. The van der Waals surface area contributed by atoms with Gasteiger partial charge in [-0.25, -0.2) is 8.78 Å². The van der Waals surface area contributed by atoms with Crippen molar-refractivity contribution in [2.75, 3.05) is 13.1 Å². The molecule has 120 valence electrons. The van der Waals surface area contributed by atoms with Crippen molar-refractivity contribution >= 4 is 5.91 Å². The summed E-state index contributed by atoms with van der Waals surface area (Å²) in [5, 5.41) is 0. The number of carbonyl (C=O) groups excluding carboxylic acids is 1. The molecule has 0 radical (unpaired) electrons. The number of amides is 1. The van der Waals surface area contributed by atoms with Gasteiger partial charge in [0.15, 0.2) is 11.6 Å². The number of piperidine rings is 1. The molecule has 1 aliphatic rings. The van der Waals surface area contributed by atoms with Crippen LogP contribution in [0.15, 0.2) is 48.5 Å². The number of hydrogen-bond donors (Lipinski definition) is 0. The summed E-state index contributed by atoms with van der Waals surface area (Å²) in [4.78, 5) is 14.0. The fourth-order valence-electron chi connectivity index (χ4n) is 3.13. The molecule has 2 aromatic rings. The van der Waals surface area contributed by atoms with E-state index in [1.807, 2.05) is 18.2 Å². The van der Waals surface area contributed by atoms with E-state index in [1.54, 1.807) is 4.90 Å².